The van der Waals surface area contributed by atoms with Gasteiger partial charge in [0.25, 0.3) is 0 Å². The minimum absolute atomic E-state index is 0.101. The van der Waals surface area contributed by atoms with Crippen molar-refractivity contribution in [2.24, 2.45) is 5.41 Å². The molecule has 0 atom stereocenters. The standard InChI is InChI=1S/C20H31NO5/c1-7-20(8-2,14-9-10-15(25-5)16(13-14)26-6)17(22)21-12-11-19(3,4)18(23)24/h9-10,13H,7-8,11-12H2,1-6H3,(H,21,22)(H,23,24). The van der Waals surface area contributed by atoms with E-state index in [1.54, 1.807) is 34.1 Å². The van der Waals surface area contributed by atoms with E-state index in [0.29, 0.717) is 37.3 Å². The first-order valence-electron chi connectivity index (χ1n) is 8.92. The van der Waals surface area contributed by atoms with Crippen molar-refractivity contribution in [3.05, 3.63) is 23.8 Å². The summed E-state index contributed by atoms with van der Waals surface area (Å²) >= 11 is 0. The Morgan fingerprint density at radius 2 is 1.65 bits per heavy atom. The van der Waals surface area contributed by atoms with Gasteiger partial charge in [0, 0.05) is 6.54 Å². The Morgan fingerprint density at radius 1 is 1.08 bits per heavy atom. The number of carbonyl (C=O) groups excluding carboxylic acids is 1. The zero-order chi connectivity index (χ0) is 20.0. The average Bonchev–Trinajstić information content (AvgIpc) is 2.62. The Bertz CT molecular complexity index is 635. The van der Waals surface area contributed by atoms with E-state index in [2.05, 4.69) is 5.32 Å². The van der Waals surface area contributed by atoms with Gasteiger partial charge in [0.15, 0.2) is 11.5 Å². The van der Waals surface area contributed by atoms with Crippen molar-refractivity contribution in [3.63, 3.8) is 0 Å². The normalized spacial score (nSPS) is 11.8. The summed E-state index contributed by atoms with van der Waals surface area (Å²) in [7, 11) is 3.14. The quantitative estimate of drug-likeness (QED) is 0.664. The summed E-state index contributed by atoms with van der Waals surface area (Å²) in [5, 5.41) is 12.1. The van der Waals surface area contributed by atoms with E-state index in [-0.39, 0.29) is 5.91 Å². The molecule has 1 aromatic carbocycles. The van der Waals surface area contributed by atoms with Crippen LogP contribution >= 0.6 is 0 Å². The molecule has 1 aromatic rings. The maximum Gasteiger partial charge on any atom is 0.309 e. The van der Waals surface area contributed by atoms with Crippen molar-refractivity contribution in [2.75, 3.05) is 20.8 Å². The average molecular weight is 365 g/mol. The zero-order valence-electron chi connectivity index (χ0n) is 16.6. The van der Waals surface area contributed by atoms with E-state index in [1.807, 2.05) is 26.0 Å². The third-order valence-corrected chi connectivity index (χ3v) is 5.19. The number of nitrogens with one attached hydrogen (secondary N) is 1. The van der Waals surface area contributed by atoms with Crippen LogP contribution in [-0.4, -0.2) is 37.7 Å². The SMILES string of the molecule is CCC(CC)(C(=O)NCCC(C)(C)C(=O)O)c1ccc(OC)c(OC)c1. The molecular formula is C20H31NO5. The molecule has 0 heterocycles. The number of rotatable bonds is 10. The first-order chi connectivity index (χ1) is 12.2. The number of ether oxygens (including phenoxy) is 2. The Labute approximate surface area is 155 Å². The molecule has 0 aliphatic carbocycles. The largest absolute Gasteiger partial charge is 0.493 e. The molecule has 0 bridgehead atoms. The Hall–Kier alpha value is -2.24. The maximum absolute atomic E-state index is 13.0. The van der Waals surface area contributed by atoms with Gasteiger partial charge in [0.2, 0.25) is 5.91 Å². The van der Waals surface area contributed by atoms with Crippen LogP contribution in [-0.2, 0) is 15.0 Å². The molecule has 0 aliphatic rings. The number of hydrogen-bond acceptors (Lipinski definition) is 4. The number of amides is 1. The van der Waals surface area contributed by atoms with Crippen LogP contribution in [0, 0.1) is 5.41 Å². The minimum atomic E-state index is -0.877. The Kier molecular flexibility index (Phi) is 7.48. The van der Waals surface area contributed by atoms with Gasteiger partial charge in [-0.3, -0.25) is 9.59 Å². The summed E-state index contributed by atoms with van der Waals surface area (Å²) in [5.74, 6) is 0.219. The molecule has 6 heteroatoms. The van der Waals surface area contributed by atoms with Crippen molar-refractivity contribution in [1.29, 1.82) is 0 Å². The van der Waals surface area contributed by atoms with Crippen LogP contribution in [0.1, 0.15) is 52.5 Å². The van der Waals surface area contributed by atoms with E-state index < -0.39 is 16.8 Å². The van der Waals surface area contributed by atoms with E-state index in [9.17, 15) is 14.7 Å². The highest BCUT2D eigenvalue weighted by Gasteiger charge is 2.37. The van der Waals surface area contributed by atoms with Gasteiger partial charge in [0.1, 0.15) is 0 Å². The summed E-state index contributed by atoms with van der Waals surface area (Å²) in [4.78, 5) is 24.2. The van der Waals surface area contributed by atoms with Gasteiger partial charge in [0.05, 0.1) is 25.0 Å². The lowest BCUT2D eigenvalue weighted by molar-refractivity contribution is -0.147. The molecule has 0 unspecified atom stereocenters. The third kappa shape index (κ3) is 4.48. The molecule has 0 aromatic heterocycles. The smallest absolute Gasteiger partial charge is 0.309 e. The fourth-order valence-electron chi connectivity index (χ4n) is 3.01. The summed E-state index contributed by atoms with van der Waals surface area (Å²) in [5.41, 5.74) is -0.722. The van der Waals surface area contributed by atoms with Crippen LogP contribution in [0.2, 0.25) is 0 Å². The van der Waals surface area contributed by atoms with E-state index in [1.165, 1.54) is 0 Å². The van der Waals surface area contributed by atoms with Crippen LogP contribution in [0.4, 0.5) is 0 Å². The van der Waals surface area contributed by atoms with Crippen LogP contribution in [0.3, 0.4) is 0 Å². The molecule has 146 valence electrons. The first kappa shape index (κ1) is 21.8. The number of methoxy groups -OCH3 is 2. The highest BCUT2D eigenvalue weighted by Crippen LogP contribution is 2.37. The number of hydrogen-bond donors (Lipinski definition) is 2. The lowest BCUT2D eigenvalue weighted by atomic mass is 9.74. The van der Waals surface area contributed by atoms with Crippen LogP contribution < -0.4 is 14.8 Å². The minimum Gasteiger partial charge on any atom is -0.493 e. The topological polar surface area (TPSA) is 84.9 Å². The number of benzene rings is 1. The monoisotopic (exact) mass is 365 g/mol. The highest BCUT2D eigenvalue weighted by molar-refractivity contribution is 5.88. The van der Waals surface area contributed by atoms with Crippen molar-refractivity contribution in [2.45, 2.75) is 52.4 Å². The molecular weight excluding hydrogens is 334 g/mol. The summed E-state index contributed by atoms with van der Waals surface area (Å²) < 4.78 is 10.6. The van der Waals surface area contributed by atoms with Crippen LogP contribution in [0.15, 0.2) is 18.2 Å². The second kappa shape index (κ2) is 8.92. The second-order valence-corrected chi connectivity index (χ2v) is 7.05. The Morgan fingerprint density at radius 3 is 2.12 bits per heavy atom. The lowest BCUT2D eigenvalue weighted by Gasteiger charge is -2.32. The van der Waals surface area contributed by atoms with Gasteiger partial charge < -0.3 is 19.9 Å². The molecule has 0 aliphatic heterocycles. The van der Waals surface area contributed by atoms with Gasteiger partial charge in [-0.25, -0.2) is 0 Å². The molecule has 1 amide bonds. The van der Waals surface area contributed by atoms with Crippen molar-refractivity contribution < 1.29 is 24.2 Å². The van der Waals surface area contributed by atoms with Gasteiger partial charge in [-0.05, 0) is 50.8 Å². The molecule has 0 saturated carbocycles. The van der Waals surface area contributed by atoms with Crippen molar-refractivity contribution in [1.82, 2.24) is 5.32 Å². The predicted octanol–water partition coefficient (Wildman–Crippen LogP) is 3.38. The number of aliphatic carboxylic acids is 1. The van der Waals surface area contributed by atoms with Crippen LogP contribution in [0.25, 0.3) is 0 Å². The highest BCUT2D eigenvalue weighted by atomic mass is 16.5. The third-order valence-electron chi connectivity index (χ3n) is 5.19. The molecule has 2 N–H and O–H groups in total. The van der Waals surface area contributed by atoms with Crippen molar-refractivity contribution in [3.8, 4) is 11.5 Å². The molecule has 6 nitrogen and oxygen atoms in total. The summed E-state index contributed by atoms with van der Waals surface area (Å²) in [6.07, 6.45) is 1.60. The van der Waals surface area contributed by atoms with E-state index in [4.69, 9.17) is 9.47 Å². The Balaban J connectivity index is 3.05. The molecule has 1 rings (SSSR count). The second-order valence-electron chi connectivity index (χ2n) is 7.05. The number of carbonyl (C=O) groups is 2. The number of carboxylic acid groups (broad SMARTS) is 1. The fraction of sp³-hybridized carbons (Fsp3) is 0.600. The molecule has 0 radical (unpaired) electrons. The lowest BCUT2D eigenvalue weighted by Crippen LogP contribution is -2.45. The summed E-state index contributed by atoms with van der Waals surface area (Å²) in [6.45, 7) is 7.57. The summed E-state index contributed by atoms with van der Waals surface area (Å²) in [6, 6.07) is 5.52. The van der Waals surface area contributed by atoms with E-state index >= 15 is 0 Å². The zero-order valence-corrected chi connectivity index (χ0v) is 16.6. The van der Waals surface area contributed by atoms with Gasteiger partial charge >= 0.3 is 5.97 Å². The molecule has 0 fully saturated rings. The van der Waals surface area contributed by atoms with Gasteiger partial charge in [-0.1, -0.05) is 19.9 Å². The predicted molar refractivity (Wildman–Crippen MR) is 101 cm³/mol. The van der Waals surface area contributed by atoms with Gasteiger partial charge in [-0.2, -0.15) is 0 Å². The molecule has 26 heavy (non-hydrogen) atoms. The molecule has 0 saturated heterocycles. The first-order valence-corrected chi connectivity index (χ1v) is 8.92. The van der Waals surface area contributed by atoms with E-state index in [0.717, 1.165) is 5.56 Å². The number of carboxylic acids is 1. The van der Waals surface area contributed by atoms with Gasteiger partial charge in [-0.15, -0.1) is 0 Å². The fourth-order valence-corrected chi connectivity index (χ4v) is 3.01. The van der Waals surface area contributed by atoms with Crippen molar-refractivity contribution >= 4 is 11.9 Å². The maximum atomic E-state index is 13.0. The van der Waals surface area contributed by atoms with Crippen LogP contribution in [0.5, 0.6) is 11.5 Å². The molecule has 0 spiro atoms.